The fraction of sp³-hybridized carbons (Fsp3) is 0.333. The largest absolute Gasteiger partial charge is 0.396 e. The Bertz CT molecular complexity index is 577. The van der Waals surface area contributed by atoms with Gasteiger partial charge in [0.25, 0.3) is 5.91 Å². The molecule has 0 spiro atoms. The van der Waals surface area contributed by atoms with Crippen molar-refractivity contribution in [1.82, 2.24) is 15.1 Å². The van der Waals surface area contributed by atoms with Crippen LogP contribution in [0.15, 0.2) is 36.5 Å². The quantitative estimate of drug-likeness (QED) is 0.874. The highest BCUT2D eigenvalue weighted by atomic mass is 16.2. The third-order valence-electron chi connectivity index (χ3n) is 3.32. The smallest absolute Gasteiger partial charge is 0.271 e. The minimum Gasteiger partial charge on any atom is -0.396 e. The van der Waals surface area contributed by atoms with E-state index in [0.717, 1.165) is 0 Å². The lowest BCUT2D eigenvalue weighted by Gasteiger charge is -2.13. The first-order valence-corrected chi connectivity index (χ1v) is 6.78. The van der Waals surface area contributed by atoms with E-state index in [9.17, 15) is 4.79 Å². The van der Waals surface area contributed by atoms with Crippen LogP contribution in [0.1, 0.15) is 35.8 Å². The molecule has 0 aliphatic carbocycles. The lowest BCUT2D eigenvalue weighted by atomic mass is 10.0. The summed E-state index contributed by atoms with van der Waals surface area (Å²) in [6.07, 6.45) is 1.51. The molecule has 20 heavy (non-hydrogen) atoms. The Labute approximate surface area is 118 Å². The van der Waals surface area contributed by atoms with Crippen molar-refractivity contribution in [3.8, 4) is 0 Å². The number of aryl methyl sites for hydroxylation is 1. The van der Waals surface area contributed by atoms with Crippen molar-refractivity contribution in [3.05, 3.63) is 47.8 Å². The SMILES string of the molecule is CCn1ncc(N)c1C(=O)NCC(C)c1ccccc1. The summed E-state index contributed by atoms with van der Waals surface area (Å²) in [7, 11) is 0. The molecule has 3 N–H and O–H groups in total. The van der Waals surface area contributed by atoms with Gasteiger partial charge in [-0.15, -0.1) is 0 Å². The van der Waals surface area contributed by atoms with Gasteiger partial charge in [0.2, 0.25) is 0 Å². The van der Waals surface area contributed by atoms with E-state index in [0.29, 0.717) is 24.5 Å². The fourth-order valence-corrected chi connectivity index (χ4v) is 2.12. The molecule has 1 amide bonds. The first-order chi connectivity index (χ1) is 9.63. The van der Waals surface area contributed by atoms with Crippen LogP contribution in [-0.4, -0.2) is 22.2 Å². The Morgan fingerprint density at radius 3 is 2.75 bits per heavy atom. The first-order valence-electron chi connectivity index (χ1n) is 6.78. The highest BCUT2D eigenvalue weighted by Crippen LogP contribution is 2.14. The monoisotopic (exact) mass is 272 g/mol. The lowest BCUT2D eigenvalue weighted by molar-refractivity contribution is 0.0942. The van der Waals surface area contributed by atoms with Crippen molar-refractivity contribution in [2.24, 2.45) is 0 Å². The number of carbonyl (C=O) groups excluding carboxylic acids is 1. The molecule has 1 aromatic carbocycles. The number of hydrogen-bond acceptors (Lipinski definition) is 3. The van der Waals surface area contributed by atoms with Crippen molar-refractivity contribution < 1.29 is 4.79 Å². The van der Waals surface area contributed by atoms with Crippen molar-refractivity contribution in [3.63, 3.8) is 0 Å². The topological polar surface area (TPSA) is 72.9 Å². The van der Waals surface area contributed by atoms with Gasteiger partial charge in [-0.1, -0.05) is 37.3 Å². The van der Waals surface area contributed by atoms with Gasteiger partial charge in [-0.25, -0.2) is 0 Å². The average Bonchev–Trinajstić information content (AvgIpc) is 2.86. The number of hydrogen-bond donors (Lipinski definition) is 2. The summed E-state index contributed by atoms with van der Waals surface area (Å²) in [5, 5.41) is 6.99. The van der Waals surface area contributed by atoms with Crippen molar-refractivity contribution in [1.29, 1.82) is 0 Å². The molecule has 0 bridgehead atoms. The molecule has 106 valence electrons. The van der Waals surface area contributed by atoms with Crippen LogP contribution < -0.4 is 11.1 Å². The van der Waals surface area contributed by atoms with Gasteiger partial charge in [0.15, 0.2) is 0 Å². The average molecular weight is 272 g/mol. The molecular weight excluding hydrogens is 252 g/mol. The Balaban J connectivity index is 2.00. The van der Waals surface area contributed by atoms with Gasteiger partial charge in [0.1, 0.15) is 5.69 Å². The Hall–Kier alpha value is -2.30. The summed E-state index contributed by atoms with van der Waals surface area (Å²) in [6, 6.07) is 10.1. The normalized spacial score (nSPS) is 12.1. The maximum absolute atomic E-state index is 12.2. The van der Waals surface area contributed by atoms with E-state index in [4.69, 9.17) is 5.73 Å². The molecule has 0 saturated carbocycles. The molecule has 0 aliphatic heterocycles. The molecule has 2 aromatic rings. The van der Waals surface area contributed by atoms with Crippen LogP contribution in [0.3, 0.4) is 0 Å². The van der Waals surface area contributed by atoms with Gasteiger partial charge < -0.3 is 11.1 Å². The number of nitrogen functional groups attached to an aromatic ring is 1. The van der Waals surface area contributed by atoms with Gasteiger partial charge in [-0.2, -0.15) is 5.10 Å². The Morgan fingerprint density at radius 1 is 1.40 bits per heavy atom. The molecule has 0 aliphatic rings. The standard InChI is InChI=1S/C15H20N4O/c1-3-19-14(13(16)10-18-19)15(20)17-9-11(2)12-7-5-4-6-8-12/h4-8,10-11H,3,9,16H2,1-2H3,(H,17,20). The van der Waals surface area contributed by atoms with Gasteiger partial charge in [-0.05, 0) is 18.4 Å². The summed E-state index contributed by atoms with van der Waals surface area (Å²) >= 11 is 0. The van der Waals surface area contributed by atoms with Crippen molar-refractivity contribution in [2.75, 3.05) is 12.3 Å². The molecule has 5 nitrogen and oxygen atoms in total. The fourth-order valence-electron chi connectivity index (χ4n) is 2.12. The molecule has 0 saturated heterocycles. The van der Waals surface area contributed by atoms with Gasteiger partial charge in [0.05, 0.1) is 11.9 Å². The van der Waals surface area contributed by atoms with Crippen molar-refractivity contribution in [2.45, 2.75) is 26.3 Å². The Morgan fingerprint density at radius 2 is 2.10 bits per heavy atom. The zero-order valence-corrected chi connectivity index (χ0v) is 11.8. The number of amides is 1. The highest BCUT2D eigenvalue weighted by molar-refractivity contribution is 5.97. The molecule has 1 unspecified atom stereocenters. The summed E-state index contributed by atoms with van der Waals surface area (Å²) in [4.78, 5) is 12.2. The number of nitrogens with two attached hydrogens (primary N) is 1. The molecule has 1 heterocycles. The van der Waals surface area contributed by atoms with Gasteiger partial charge >= 0.3 is 0 Å². The minimum atomic E-state index is -0.176. The predicted octanol–water partition coefficient (Wildman–Crippen LogP) is 2.02. The van der Waals surface area contributed by atoms with Crippen LogP contribution in [0.5, 0.6) is 0 Å². The van der Waals surface area contributed by atoms with Crippen molar-refractivity contribution >= 4 is 11.6 Å². The number of benzene rings is 1. The second-order valence-corrected chi connectivity index (χ2v) is 4.79. The van der Waals surface area contributed by atoms with E-state index in [1.54, 1.807) is 4.68 Å². The third-order valence-corrected chi connectivity index (χ3v) is 3.32. The predicted molar refractivity (Wildman–Crippen MR) is 79.5 cm³/mol. The zero-order chi connectivity index (χ0) is 14.5. The molecule has 1 atom stereocenters. The van der Waals surface area contributed by atoms with Gasteiger partial charge in [0, 0.05) is 13.1 Å². The number of aromatic nitrogens is 2. The zero-order valence-electron chi connectivity index (χ0n) is 11.8. The van der Waals surface area contributed by atoms with E-state index in [1.165, 1.54) is 11.8 Å². The summed E-state index contributed by atoms with van der Waals surface area (Å²) in [5.41, 5.74) is 7.84. The highest BCUT2D eigenvalue weighted by Gasteiger charge is 2.16. The van der Waals surface area contributed by atoms with E-state index >= 15 is 0 Å². The van der Waals surface area contributed by atoms with Crippen LogP contribution in [0.4, 0.5) is 5.69 Å². The summed E-state index contributed by atoms with van der Waals surface area (Å²) in [5.74, 6) is 0.0732. The second kappa shape index (κ2) is 6.23. The molecule has 0 radical (unpaired) electrons. The Kier molecular flexibility index (Phi) is 4.40. The third kappa shape index (κ3) is 2.99. The molecule has 0 fully saturated rings. The lowest BCUT2D eigenvalue weighted by Crippen LogP contribution is -2.30. The summed E-state index contributed by atoms with van der Waals surface area (Å²) in [6.45, 7) is 5.19. The summed E-state index contributed by atoms with van der Waals surface area (Å²) < 4.78 is 1.61. The maximum Gasteiger partial charge on any atom is 0.271 e. The van der Waals surface area contributed by atoms with E-state index in [-0.39, 0.29) is 11.8 Å². The van der Waals surface area contributed by atoms with Crippen LogP contribution in [0, 0.1) is 0 Å². The van der Waals surface area contributed by atoms with Crippen LogP contribution in [-0.2, 0) is 6.54 Å². The van der Waals surface area contributed by atoms with Crippen LogP contribution in [0.2, 0.25) is 0 Å². The van der Waals surface area contributed by atoms with E-state index < -0.39 is 0 Å². The number of carbonyl (C=O) groups is 1. The second-order valence-electron chi connectivity index (χ2n) is 4.79. The number of anilines is 1. The number of nitrogens with zero attached hydrogens (tertiary/aromatic N) is 2. The first kappa shape index (κ1) is 14.1. The maximum atomic E-state index is 12.2. The number of nitrogens with one attached hydrogen (secondary N) is 1. The molecule has 2 rings (SSSR count). The minimum absolute atomic E-state index is 0.176. The molecule has 5 heteroatoms. The van der Waals surface area contributed by atoms with E-state index in [2.05, 4.69) is 29.5 Å². The van der Waals surface area contributed by atoms with Crippen LogP contribution in [0.25, 0.3) is 0 Å². The van der Waals surface area contributed by atoms with Crippen LogP contribution >= 0.6 is 0 Å². The number of rotatable bonds is 5. The van der Waals surface area contributed by atoms with E-state index in [1.807, 2.05) is 25.1 Å². The molecular formula is C15H20N4O. The molecule has 1 aromatic heterocycles. The van der Waals surface area contributed by atoms with Gasteiger partial charge in [-0.3, -0.25) is 9.48 Å².